The summed E-state index contributed by atoms with van der Waals surface area (Å²) in [7, 11) is 0. The predicted octanol–water partition coefficient (Wildman–Crippen LogP) is 3.81. The summed E-state index contributed by atoms with van der Waals surface area (Å²) in [5.41, 5.74) is 8.15. The van der Waals surface area contributed by atoms with Gasteiger partial charge in [0.05, 0.1) is 18.2 Å². The highest BCUT2D eigenvalue weighted by atomic mass is 16.5. The third kappa shape index (κ3) is 4.24. The molecule has 0 saturated heterocycles. The minimum absolute atomic E-state index is 0.146. The molecule has 1 aromatic carbocycles. The standard InChI is InChI=1S/C21H25N5O2/c1-2-27-20-5-3-4-19(26-20)25-15-6-8-16(9-7-15)28-18-13-14(22)12-17-21(18)24-11-10-23-17/h3-5,10-13,15-16H,2,6-9,22H2,1H3,(H,25,26). The maximum Gasteiger partial charge on any atom is 0.215 e. The van der Waals surface area contributed by atoms with Crippen molar-refractivity contribution in [3.05, 3.63) is 42.7 Å². The van der Waals surface area contributed by atoms with Crippen molar-refractivity contribution in [2.45, 2.75) is 44.8 Å². The minimum atomic E-state index is 0.146. The van der Waals surface area contributed by atoms with Gasteiger partial charge in [-0.15, -0.1) is 0 Å². The Kier molecular flexibility index (Phi) is 5.41. The summed E-state index contributed by atoms with van der Waals surface area (Å²) in [6, 6.07) is 9.84. The quantitative estimate of drug-likeness (QED) is 0.629. The van der Waals surface area contributed by atoms with Gasteiger partial charge >= 0.3 is 0 Å². The Morgan fingerprint density at radius 2 is 1.93 bits per heavy atom. The van der Waals surface area contributed by atoms with Crippen LogP contribution in [0.5, 0.6) is 11.6 Å². The number of ether oxygens (including phenoxy) is 2. The van der Waals surface area contributed by atoms with Crippen LogP contribution in [0.1, 0.15) is 32.6 Å². The third-order valence-electron chi connectivity index (χ3n) is 4.90. The van der Waals surface area contributed by atoms with Gasteiger partial charge in [0.15, 0.2) is 0 Å². The molecule has 146 valence electrons. The van der Waals surface area contributed by atoms with Crippen LogP contribution in [-0.2, 0) is 0 Å². The molecule has 0 atom stereocenters. The molecule has 7 heteroatoms. The molecule has 0 bridgehead atoms. The van der Waals surface area contributed by atoms with Crippen molar-refractivity contribution in [2.75, 3.05) is 17.7 Å². The summed E-state index contributed by atoms with van der Waals surface area (Å²) in [4.78, 5) is 13.2. The van der Waals surface area contributed by atoms with Gasteiger partial charge in [-0.25, -0.2) is 4.98 Å². The van der Waals surface area contributed by atoms with Crippen LogP contribution in [0.3, 0.4) is 0 Å². The number of anilines is 2. The molecule has 1 aliphatic carbocycles. The number of nitrogen functional groups attached to an aromatic ring is 1. The van der Waals surface area contributed by atoms with Gasteiger partial charge in [-0.3, -0.25) is 4.98 Å². The van der Waals surface area contributed by atoms with E-state index in [-0.39, 0.29) is 6.10 Å². The topological polar surface area (TPSA) is 95.2 Å². The fourth-order valence-electron chi connectivity index (χ4n) is 3.59. The van der Waals surface area contributed by atoms with Crippen LogP contribution in [0, 0.1) is 0 Å². The molecule has 0 unspecified atom stereocenters. The predicted molar refractivity (Wildman–Crippen MR) is 110 cm³/mol. The SMILES string of the molecule is CCOc1cccc(NC2CCC(Oc3cc(N)cc4nccnc34)CC2)n1. The van der Waals surface area contributed by atoms with Crippen LogP contribution >= 0.6 is 0 Å². The number of benzene rings is 1. The van der Waals surface area contributed by atoms with Crippen molar-refractivity contribution in [3.8, 4) is 11.6 Å². The molecular weight excluding hydrogens is 354 g/mol. The first kappa shape index (κ1) is 18.3. The van der Waals surface area contributed by atoms with Gasteiger partial charge in [0.1, 0.15) is 17.1 Å². The average Bonchev–Trinajstić information content (AvgIpc) is 2.70. The Hall–Kier alpha value is -3.09. The Bertz CT molecular complexity index is 941. The second-order valence-corrected chi connectivity index (χ2v) is 6.97. The van der Waals surface area contributed by atoms with Crippen molar-refractivity contribution in [3.63, 3.8) is 0 Å². The highest BCUT2D eigenvalue weighted by molar-refractivity contribution is 5.84. The minimum Gasteiger partial charge on any atom is -0.488 e. The number of rotatable bonds is 6. The van der Waals surface area contributed by atoms with Crippen molar-refractivity contribution in [2.24, 2.45) is 0 Å². The van der Waals surface area contributed by atoms with Gasteiger partial charge in [-0.1, -0.05) is 6.07 Å². The highest BCUT2D eigenvalue weighted by Crippen LogP contribution is 2.30. The Morgan fingerprint density at radius 3 is 2.75 bits per heavy atom. The molecule has 0 aliphatic heterocycles. The molecule has 0 spiro atoms. The van der Waals surface area contributed by atoms with Crippen LogP contribution < -0.4 is 20.5 Å². The molecule has 3 N–H and O–H groups in total. The fourth-order valence-corrected chi connectivity index (χ4v) is 3.59. The van der Waals surface area contributed by atoms with Crippen LogP contribution in [0.4, 0.5) is 11.5 Å². The lowest BCUT2D eigenvalue weighted by Gasteiger charge is -2.30. The summed E-state index contributed by atoms with van der Waals surface area (Å²) in [5, 5.41) is 3.51. The zero-order valence-corrected chi connectivity index (χ0v) is 16.0. The summed E-state index contributed by atoms with van der Waals surface area (Å²) in [5.74, 6) is 2.22. The molecular formula is C21H25N5O2. The van der Waals surface area contributed by atoms with Gasteiger partial charge in [-0.2, -0.15) is 4.98 Å². The summed E-state index contributed by atoms with van der Waals surface area (Å²) in [6.07, 6.45) is 7.42. The van der Waals surface area contributed by atoms with Crippen molar-refractivity contribution in [1.82, 2.24) is 15.0 Å². The molecule has 2 heterocycles. The van der Waals surface area contributed by atoms with E-state index in [0.29, 0.717) is 30.0 Å². The van der Waals surface area contributed by atoms with E-state index in [1.165, 1.54) is 0 Å². The molecule has 1 saturated carbocycles. The maximum atomic E-state index is 6.25. The molecule has 0 amide bonds. The Morgan fingerprint density at radius 1 is 1.11 bits per heavy atom. The van der Waals surface area contributed by atoms with E-state index in [0.717, 1.165) is 42.5 Å². The van der Waals surface area contributed by atoms with Crippen molar-refractivity contribution in [1.29, 1.82) is 0 Å². The lowest BCUT2D eigenvalue weighted by atomic mass is 9.93. The van der Waals surface area contributed by atoms with Crippen molar-refractivity contribution >= 4 is 22.5 Å². The fraction of sp³-hybridized carbons (Fsp3) is 0.381. The zero-order chi connectivity index (χ0) is 19.3. The number of pyridine rings is 1. The Labute approximate surface area is 164 Å². The van der Waals surface area contributed by atoms with Crippen molar-refractivity contribution < 1.29 is 9.47 Å². The third-order valence-corrected chi connectivity index (χ3v) is 4.90. The lowest BCUT2D eigenvalue weighted by molar-refractivity contribution is 0.152. The summed E-state index contributed by atoms with van der Waals surface area (Å²) < 4.78 is 11.7. The number of nitrogens with zero attached hydrogens (tertiary/aromatic N) is 3. The first-order valence-corrected chi connectivity index (χ1v) is 9.74. The maximum absolute atomic E-state index is 6.25. The van der Waals surface area contributed by atoms with Crippen LogP contribution in [0.25, 0.3) is 11.0 Å². The number of fused-ring (bicyclic) bond motifs is 1. The van der Waals surface area contributed by atoms with E-state index < -0.39 is 0 Å². The van der Waals surface area contributed by atoms with E-state index in [2.05, 4.69) is 20.3 Å². The van der Waals surface area contributed by atoms with Gasteiger partial charge in [0.25, 0.3) is 0 Å². The molecule has 28 heavy (non-hydrogen) atoms. The second-order valence-electron chi connectivity index (χ2n) is 6.97. The number of aromatic nitrogens is 3. The second kappa shape index (κ2) is 8.29. The Balaban J connectivity index is 1.37. The van der Waals surface area contributed by atoms with E-state index in [9.17, 15) is 0 Å². The zero-order valence-electron chi connectivity index (χ0n) is 16.0. The van der Waals surface area contributed by atoms with Gasteiger partial charge < -0.3 is 20.5 Å². The highest BCUT2D eigenvalue weighted by Gasteiger charge is 2.23. The van der Waals surface area contributed by atoms with Crippen LogP contribution in [0.15, 0.2) is 42.7 Å². The van der Waals surface area contributed by atoms with Gasteiger partial charge in [0.2, 0.25) is 5.88 Å². The summed E-state index contributed by atoms with van der Waals surface area (Å²) >= 11 is 0. The van der Waals surface area contributed by atoms with E-state index in [1.807, 2.05) is 37.3 Å². The molecule has 1 fully saturated rings. The number of hydrogen-bond donors (Lipinski definition) is 2. The molecule has 3 aromatic rings. The molecule has 1 aliphatic rings. The first-order valence-electron chi connectivity index (χ1n) is 9.74. The van der Waals surface area contributed by atoms with Crippen LogP contribution in [0.2, 0.25) is 0 Å². The van der Waals surface area contributed by atoms with Crippen LogP contribution in [-0.4, -0.2) is 33.7 Å². The van der Waals surface area contributed by atoms with E-state index in [1.54, 1.807) is 12.4 Å². The monoisotopic (exact) mass is 379 g/mol. The normalized spacial score (nSPS) is 19.3. The first-order chi connectivity index (χ1) is 13.7. The molecule has 4 rings (SSSR count). The number of hydrogen-bond acceptors (Lipinski definition) is 7. The van der Waals surface area contributed by atoms with Gasteiger partial charge in [-0.05, 0) is 44.7 Å². The molecule has 7 nitrogen and oxygen atoms in total. The largest absolute Gasteiger partial charge is 0.488 e. The van der Waals surface area contributed by atoms with E-state index >= 15 is 0 Å². The van der Waals surface area contributed by atoms with E-state index in [4.69, 9.17) is 15.2 Å². The molecule has 2 aromatic heterocycles. The number of nitrogens with two attached hydrogens (primary N) is 1. The smallest absolute Gasteiger partial charge is 0.215 e. The van der Waals surface area contributed by atoms with Gasteiger partial charge in [0, 0.05) is 36.3 Å². The lowest BCUT2D eigenvalue weighted by Crippen LogP contribution is -2.31. The average molecular weight is 379 g/mol. The number of nitrogens with one attached hydrogen (secondary N) is 1. The molecule has 0 radical (unpaired) electrons. The summed E-state index contributed by atoms with van der Waals surface area (Å²) in [6.45, 7) is 2.57.